The number of nitrogens with one attached hydrogen (secondary N) is 1. The molecule has 2 spiro atoms. The van der Waals surface area contributed by atoms with Gasteiger partial charge < -0.3 is 90.6 Å². The fraction of sp³-hybridized carbons (Fsp3) is 0.452. The summed E-state index contributed by atoms with van der Waals surface area (Å²) >= 11 is 0. The molecule has 14 N–H and O–H groups in total. The minimum Gasteiger partial charge on any atom is -0.507 e. The summed E-state index contributed by atoms with van der Waals surface area (Å²) in [4.78, 5) is 40.7. The van der Waals surface area contributed by atoms with Crippen molar-refractivity contribution in [3.8, 4) is 46.2 Å². The SMILES string of the molecule is CCC1=CC(C2CCC3(Oc4cc5oc(-c6cc(O)c(O)c(CCO)c6)cc(=O)c5c(O)c42)OC2(CC#CC4(C(=O)O)OC(OC2=O)C(O)C(O)C4O)C(O)C(O)C3O)=CNC1N. The van der Waals surface area contributed by atoms with Crippen LogP contribution in [-0.4, -0.2) is 141 Å². The van der Waals surface area contributed by atoms with Gasteiger partial charge in [0, 0.05) is 54.0 Å². The van der Waals surface area contributed by atoms with Crippen molar-refractivity contribution in [2.24, 2.45) is 5.73 Å². The standard InChI is InChI=1S/C42H44N2O19/c1-2-16-10-19(15-44-36(16)43)20-4-8-42(61-25-14-24-27(29(49)26(20)25)21(46)13-23(59-24)18-11-17(5-9-45)28(48)22(47)12-18)35(55)32(52)34(54)41(63-42)7-3-6-40(38(56)57)33(53)30(50)31(51)37(62-40)60-39(41)58/h10-15,20,30-37,44-45,47-55H,2,4-5,7-9,43H2,1H3,(H,56,57). The third-order valence-electron chi connectivity index (χ3n) is 12.3. The summed E-state index contributed by atoms with van der Waals surface area (Å²) in [7, 11) is 0. The molecule has 6 heterocycles. The van der Waals surface area contributed by atoms with Crippen LogP contribution in [0.3, 0.4) is 0 Å². The Hall–Kier alpha value is -5.77. The van der Waals surface area contributed by atoms with Crippen molar-refractivity contribution in [2.75, 3.05) is 6.61 Å². The van der Waals surface area contributed by atoms with Crippen molar-refractivity contribution in [3.63, 3.8) is 0 Å². The number of aromatic hydroxyl groups is 3. The van der Waals surface area contributed by atoms with Gasteiger partial charge in [-0.05, 0) is 42.5 Å². The maximum Gasteiger partial charge on any atom is 0.351 e. The summed E-state index contributed by atoms with van der Waals surface area (Å²) in [5.74, 6) is -4.92. The van der Waals surface area contributed by atoms with E-state index < -0.39 is 126 Å². The Morgan fingerprint density at radius 2 is 1.71 bits per heavy atom. The number of nitrogens with two attached hydrogens (primary N) is 1. The Bertz CT molecular complexity index is 2580. The van der Waals surface area contributed by atoms with Gasteiger partial charge in [0.2, 0.25) is 17.7 Å². The molecule has 2 bridgehead atoms. The monoisotopic (exact) mass is 880 g/mol. The molecule has 12 unspecified atom stereocenters. The number of carboxylic acids is 1. The number of aliphatic carboxylic acids is 1. The second-order valence-corrected chi connectivity index (χ2v) is 16.0. The van der Waals surface area contributed by atoms with Gasteiger partial charge in [-0.15, -0.1) is 0 Å². The zero-order valence-electron chi connectivity index (χ0n) is 33.2. The zero-order valence-corrected chi connectivity index (χ0v) is 33.2. The molecule has 21 heteroatoms. The molecule has 12 atom stereocenters. The number of fused-ring (bicyclic) bond motifs is 4. The lowest BCUT2D eigenvalue weighted by Crippen LogP contribution is -2.74. The molecule has 2 fully saturated rings. The number of esters is 1. The third kappa shape index (κ3) is 6.78. The number of aliphatic hydroxyl groups is 7. The van der Waals surface area contributed by atoms with Gasteiger partial charge in [0.25, 0.3) is 5.60 Å². The molecule has 21 nitrogen and oxygen atoms in total. The predicted octanol–water partition coefficient (Wildman–Crippen LogP) is -1.76. The van der Waals surface area contributed by atoms with Crippen molar-refractivity contribution in [1.82, 2.24) is 5.32 Å². The average Bonchev–Trinajstić information content (AvgIpc) is 3.37. The highest BCUT2D eigenvalue weighted by molar-refractivity contribution is 5.89. The lowest BCUT2D eigenvalue weighted by Gasteiger charge is -2.52. The first-order chi connectivity index (χ1) is 29.8. The van der Waals surface area contributed by atoms with Crippen molar-refractivity contribution in [1.29, 1.82) is 0 Å². The van der Waals surface area contributed by atoms with E-state index in [1.165, 1.54) is 12.1 Å². The number of aliphatic hydroxyl groups excluding tert-OH is 7. The van der Waals surface area contributed by atoms with Gasteiger partial charge in [-0.3, -0.25) is 4.79 Å². The fourth-order valence-corrected chi connectivity index (χ4v) is 8.86. The number of rotatable bonds is 6. The van der Waals surface area contributed by atoms with Crippen molar-refractivity contribution >= 4 is 22.9 Å². The number of carbonyl (C=O) groups excluding carboxylic acids is 1. The van der Waals surface area contributed by atoms with Gasteiger partial charge in [-0.25, -0.2) is 9.59 Å². The molecule has 1 aromatic heterocycles. The van der Waals surface area contributed by atoms with E-state index in [2.05, 4.69) is 17.2 Å². The minimum absolute atomic E-state index is 0.0545. The molecule has 0 aliphatic carbocycles. The maximum atomic E-state index is 14.3. The summed E-state index contributed by atoms with van der Waals surface area (Å²) in [5, 5.41) is 122. The number of ether oxygens (including phenoxy) is 4. The Morgan fingerprint density at radius 3 is 2.41 bits per heavy atom. The number of carboxylic acid groups (broad SMARTS) is 1. The zero-order chi connectivity index (χ0) is 45.5. The molecular weight excluding hydrogens is 836 g/mol. The molecule has 3 aromatic rings. The molecule has 0 radical (unpaired) electrons. The maximum absolute atomic E-state index is 14.3. The molecule has 2 saturated heterocycles. The number of hydrogen-bond donors (Lipinski definition) is 13. The van der Waals surface area contributed by atoms with Crippen LogP contribution in [-0.2, 0) is 30.2 Å². The van der Waals surface area contributed by atoms with Crippen molar-refractivity contribution in [2.45, 2.75) is 111 Å². The molecule has 0 saturated carbocycles. The Labute approximate surface area is 355 Å². The molecule has 0 amide bonds. The predicted molar refractivity (Wildman–Crippen MR) is 210 cm³/mol. The average molecular weight is 881 g/mol. The van der Waals surface area contributed by atoms with E-state index in [0.717, 1.165) is 17.7 Å². The van der Waals surface area contributed by atoms with Crippen LogP contribution < -0.4 is 21.2 Å². The molecule has 2 aromatic carbocycles. The van der Waals surface area contributed by atoms with E-state index in [0.29, 0.717) is 12.0 Å². The number of benzene rings is 2. The number of dihydropyridines is 1. The first-order valence-corrected chi connectivity index (χ1v) is 19.8. The van der Waals surface area contributed by atoms with Crippen molar-refractivity contribution in [3.05, 3.63) is 69.0 Å². The van der Waals surface area contributed by atoms with Gasteiger partial charge in [0.15, 0.2) is 16.9 Å². The Kier molecular flexibility index (Phi) is 11.0. The number of phenols is 3. The van der Waals surface area contributed by atoms with Gasteiger partial charge in [0.1, 0.15) is 64.9 Å². The Morgan fingerprint density at radius 1 is 0.968 bits per heavy atom. The molecule has 8 rings (SSSR count). The summed E-state index contributed by atoms with van der Waals surface area (Å²) < 4.78 is 29.6. The number of phenolic OH excluding ortho intramolecular Hbond substituents is 3. The first kappa shape index (κ1) is 43.9. The van der Waals surface area contributed by atoms with E-state index in [4.69, 9.17) is 29.1 Å². The molecule has 63 heavy (non-hydrogen) atoms. The highest BCUT2D eigenvalue weighted by Gasteiger charge is 2.68. The fourth-order valence-electron chi connectivity index (χ4n) is 8.86. The van der Waals surface area contributed by atoms with E-state index >= 15 is 0 Å². The summed E-state index contributed by atoms with van der Waals surface area (Å²) in [5.41, 5.74) is 0.648. The number of allylic oxidation sites excluding steroid dienone is 2. The Balaban J connectivity index is 1.31. The van der Waals surface area contributed by atoms with Gasteiger partial charge in [-0.1, -0.05) is 24.8 Å². The highest BCUT2D eigenvalue weighted by atomic mass is 16.8. The minimum atomic E-state index is -2.98. The van der Waals surface area contributed by atoms with Gasteiger partial charge >= 0.3 is 11.9 Å². The second kappa shape index (κ2) is 15.8. The van der Waals surface area contributed by atoms with Crippen molar-refractivity contribution < 1.29 is 89.1 Å². The van der Waals surface area contributed by atoms with Gasteiger partial charge in [0.05, 0.1) is 12.6 Å². The number of carbonyl (C=O) groups is 2. The largest absolute Gasteiger partial charge is 0.507 e. The quantitative estimate of drug-likeness (QED) is 0.0741. The third-order valence-corrected chi connectivity index (χ3v) is 12.3. The van der Waals surface area contributed by atoms with Gasteiger partial charge in [-0.2, -0.15) is 0 Å². The number of hydrogen-bond acceptors (Lipinski definition) is 20. The smallest absolute Gasteiger partial charge is 0.351 e. The van der Waals surface area contributed by atoms with Crippen LogP contribution in [0.2, 0.25) is 0 Å². The molecule has 5 aliphatic heterocycles. The van der Waals surface area contributed by atoms with E-state index in [9.17, 15) is 70.6 Å². The lowest BCUT2D eigenvalue weighted by atomic mass is 9.78. The summed E-state index contributed by atoms with van der Waals surface area (Å²) in [6.07, 6.45) is -14.8. The van der Waals surface area contributed by atoms with Crippen LogP contribution >= 0.6 is 0 Å². The van der Waals surface area contributed by atoms with Crippen LogP contribution in [0.4, 0.5) is 0 Å². The summed E-state index contributed by atoms with van der Waals surface area (Å²) in [6, 6.07) is 4.67. The first-order valence-electron chi connectivity index (χ1n) is 19.8. The summed E-state index contributed by atoms with van der Waals surface area (Å²) in [6.45, 7) is 1.46. The van der Waals surface area contributed by atoms with Crippen LogP contribution in [0.15, 0.2) is 56.9 Å². The van der Waals surface area contributed by atoms with Crippen LogP contribution in [0.25, 0.3) is 22.3 Å². The molecule has 336 valence electrons. The topological polar surface area (TPSA) is 362 Å². The van der Waals surface area contributed by atoms with Crippen LogP contribution in [0.1, 0.15) is 49.7 Å². The van der Waals surface area contributed by atoms with E-state index in [-0.39, 0.29) is 52.0 Å². The second-order valence-electron chi connectivity index (χ2n) is 16.0. The van der Waals surface area contributed by atoms with Crippen LogP contribution in [0, 0.1) is 11.8 Å². The van der Waals surface area contributed by atoms with E-state index in [1.54, 1.807) is 12.3 Å². The highest BCUT2D eigenvalue weighted by Crippen LogP contribution is 2.53. The van der Waals surface area contributed by atoms with E-state index in [1.807, 2.05) is 6.92 Å². The lowest BCUT2D eigenvalue weighted by molar-refractivity contribution is -0.367. The van der Waals surface area contributed by atoms with Crippen LogP contribution in [0.5, 0.6) is 23.0 Å². The molecular formula is C42H44N2O19. The normalized spacial score (nSPS) is 35.0. The molecule has 5 aliphatic rings.